The van der Waals surface area contributed by atoms with Crippen LogP contribution in [-0.4, -0.2) is 45.4 Å². The Labute approximate surface area is 185 Å². The Morgan fingerprint density at radius 1 is 1.06 bits per heavy atom. The summed E-state index contributed by atoms with van der Waals surface area (Å²) in [5.41, 5.74) is 3.38. The zero-order chi connectivity index (χ0) is 22.2. The largest absolute Gasteiger partial charge is 0.361 e. The topological polar surface area (TPSA) is 69.7 Å². The number of sulfonamides is 1. The van der Waals surface area contributed by atoms with E-state index in [-0.39, 0.29) is 16.2 Å². The first-order valence-corrected chi connectivity index (χ1v) is 12.5. The quantitative estimate of drug-likeness (QED) is 0.741. The molecule has 0 aromatic heterocycles. The molecule has 2 aromatic rings. The number of hydrogen-bond donors (Lipinski definition) is 1. The molecule has 2 aliphatic rings. The fourth-order valence-electron chi connectivity index (χ4n) is 4.54. The highest BCUT2D eigenvalue weighted by molar-refractivity contribution is 7.92. The molecular formula is C24H31N3O3S. The second-order valence-corrected chi connectivity index (χ2v) is 10.8. The molecular weight excluding hydrogens is 410 g/mol. The van der Waals surface area contributed by atoms with Crippen LogP contribution in [0.3, 0.4) is 0 Å². The van der Waals surface area contributed by atoms with Crippen molar-refractivity contribution >= 4 is 27.3 Å². The van der Waals surface area contributed by atoms with Crippen molar-refractivity contribution in [2.45, 2.75) is 50.3 Å². The van der Waals surface area contributed by atoms with Crippen LogP contribution in [0.2, 0.25) is 0 Å². The first-order valence-electron chi connectivity index (χ1n) is 11.0. The number of hydrogen-bond acceptors (Lipinski definition) is 4. The number of anilines is 2. The maximum absolute atomic E-state index is 13.0. The van der Waals surface area contributed by atoms with Crippen molar-refractivity contribution in [1.82, 2.24) is 4.90 Å². The van der Waals surface area contributed by atoms with Gasteiger partial charge in [-0.1, -0.05) is 32.9 Å². The number of benzene rings is 2. The molecule has 0 unspecified atom stereocenters. The van der Waals surface area contributed by atoms with E-state index in [1.807, 2.05) is 23.1 Å². The summed E-state index contributed by atoms with van der Waals surface area (Å²) in [5, 5.41) is 0. The summed E-state index contributed by atoms with van der Waals surface area (Å²) >= 11 is 0. The minimum atomic E-state index is -3.70. The molecule has 2 heterocycles. The van der Waals surface area contributed by atoms with E-state index in [0.717, 1.165) is 49.2 Å². The van der Waals surface area contributed by atoms with Crippen molar-refractivity contribution in [1.29, 1.82) is 0 Å². The maximum atomic E-state index is 13.0. The minimum absolute atomic E-state index is 0.148. The van der Waals surface area contributed by atoms with Crippen LogP contribution in [0.5, 0.6) is 0 Å². The third-order valence-corrected chi connectivity index (χ3v) is 7.71. The van der Waals surface area contributed by atoms with Crippen LogP contribution >= 0.6 is 0 Å². The third kappa shape index (κ3) is 4.42. The Balaban J connectivity index is 1.57. The number of rotatable bonds is 6. The van der Waals surface area contributed by atoms with Crippen LogP contribution in [-0.2, 0) is 26.7 Å². The smallest absolute Gasteiger partial charge is 0.261 e. The summed E-state index contributed by atoms with van der Waals surface area (Å²) in [5.74, 6) is 0.148. The monoisotopic (exact) mass is 441 g/mol. The predicted molar refractivity (Wildman–Crippen MR) is 124 cm³/mol. The Hall–Kier alpha value is -2.54. The molecule has 1 fully saturated rings. The highest BCUT2D eigenvalue weighted by Crippen LogP contribution is 2.41. The average molecular weight is 442 g/mol. The van der Waals surface area contributed by atoms with Crippen LogP contribution in [0.1, 0.15) is 44.7 Å². The van der Waals surface area contributed by atoms with Crippen molar-refractivity contribution in [3.8, 4) is 0 Å². The molecule has 0 spiro atoms. The predicted octanol–water partition coefficient (Wildman–Crippen LogP) is 3.77. The van der Waals surface area contributed by atoms with Crippen LogP contribution in [0.4, 0.5) is 11.4 Å². The molecule has 0 radical (unpaired) electrons. The molecule has 0 bridgehead atoms. The number of aryl methyl sites for hydroxylation is 1. The molecule has 0 saturated carbocycles. The van der Waals surface area contributed by atoms with Gasteiger partial charge >= 0.3 is 0 Å². The third-order valence-electron chi connectivity index (χ3n) is 6.33. The number of amides is 1. The molecule has 166 valence electrons. The minimum Gasteiger partial charge on any atom is -0.361 e. The van der Waals surface area contributed by atoms with E-state index in [0.29, 0.717) is 18.8 Å². The normalized spacial score (nSPS) is 17.6. The number of carbonyl (C=O) groups is 1. The van der Waals surface area contributed by atoms with Crippen LogP contribution in [0.15, 0.2) is 47.4 Å². The van der Waals surface area contributed by atoms with Crippen molar-refractivity contribution in [3.63, 3.8) is 0 Å². The lowest BCUT2D eigenvalue weighted by molar-refractivity contribution is -0.128. The van der Waals surface area contributed by atoms with E-state index in [9.17, 15) is 13.2 Å². The van der Waals surface area contributed by atoms with Gasteiger partial charge in [0.2, 0.25) is 5.91 Å². The van der Waals surface area contributed by atoms with Gasteiger partial charge in [0.05, 0.1) is 11.4 Å². The van der Waals surface area contributed by atoms with Gasteiger partial charge in [0, 0.05) is 36.4 Å². The van der Waals surface area contributed by atoms with E-state index in [2.05, 4.69) is 30.4 Å². The molecule has 6 nitrogen and oxygen atoms in total. The highest BCUT2D eigenvalue weighted by Gasteiger charge is 2.37. The molecule has 1 N–H and O–H groups in total. The van der Waals surface area contributed by atoms with Gasteiger partial charge < -0.3 is 9.80 Å². The lowest BCUT2D eigenvalue weighted by atomic mass is 9.87. The number of likely N-dealkylation sites (tertiary alicyclic amines) is 1. The van der Waals surface area contributed by atoms with Crippen LogP contribution in [0.25, 0.3) is 0 Å². The van der Waals surface area contributed by atoms with Gasteiger partial charge in [-0.25, -0.2) is 8.42 Å². The van der Waals surface area contributed by atoms with Crippen molar-refractivity contribution in [2.75, 3.05) is 35.8 Å². The van der Waals surface area contributed by atoms with Gasteiger partial charge in [-0.3, -0.25) is 9.52 Å². The van der Waals surface area contributed by atoms with Crippen molar-refractivity contribution in [2.24, 2.45) is 0 Å². The highest BCUT2D eigenvalue weighted by atomic mass is 32.2. The number of fused-ring (bicyclic) bond motifs is 1. The van der Waals surface area contributed by atoms with Gasteiger partial charge in [0.15, 0.2) is 0 Å². The molecule has 0 atom stereocenters. The molecule has 2 aromatic carbocycles. The summed E-state index contributed by atoms with van der Waals surface area (Å²) in [6.45, 7) is 8.96. The van der Waals surface area contributed by atoms with Gasteiger partial charge in [0.25, 0.3) is 10.0 Å². The van der Waals surface area contributed by atoms with E-state index < -0.39 is 10.0 Å². The summed E-state index contributed by atoms with van der Waals surface area (Å²) in [6.07, 6.45) is 3.05. The first kappa shape index (κ1) is 21.7. The molecule has 7 heteroatoms. The van der Waals surface area contributed by atoms with Crippen LogP contribution < -0.4 is 9.62 Å². The fraction of sp³-hybridized carbons (Fsp3) is 0.458. The molecule has 31 heavy (non-hydrogen) atoms. The number of carbonyl (C=O) groups excluding carboxylic acids is 1. The number of nitrogens with zero attached hydrogens (tertiary/aromatic N) is 2. The summed E-state index contributed by atoms with van der Waals surface area (Å²) < 4.78 is 28.7. The second-order valence-electron chi connectivity index (χ2n) is 9.16. The van der Waals surface area contributed by atoms with Crippen molar-refractivity contribution < 1.29 is 13.2 Å². The van der Waals surface area contributed by atoms with E-state index in [1.165, 1.54) is 0 Å². The number of nitrogens with one attached hydrogen (secondary N) is 1. The zero-order valence-electron chi connectivity index (χ0n) is 18.5. The Bertz CT molecular complexity index is 1070. The van der Waals surface area contributed by atoms with Gasteiger partial charge in [-0.2, -0.15) is 0 Å². The van der Waals surface area contributed by atoms with E-state index >= 15 is 0 Å². The van der Waals surface area contributed by atoms with Gasteiger partial charge in [-0.05, 0) is 60.7 Å². The lowest BCUT2D eigenvalue weighted by Crippen LogP contribution is -2.40. The van der Waals surface area contributed by atoms with Crippen molar-refractivity contribution in [3.05, 3.63) is 53.6 Å². The lowest BCUT2D eigenvalue weighted by Gasteiger charge is -2.24. The zero-order valence-corrected chi connectivity index (χ0v) is 19.3. The molecule has 2 aliphatic heterocycles. The molecule has 1 amide bonds. The average Bonchev–Trinajstić information content (AvgIpc) is 3.35. The SMILES string of the molecule is CCc1ccc(NS(=O)(=O)c2ccc3c(c2)C(C)(C)CN3CC(=O)N2CCCC2)cc1. The molecule has 4 rings (SSSR count). The first-order chi connectivity index (χ1) is 14.7. The Morgan fingerprint density at radius 3 is 2.39 bits per heavy atom. The fourth-order valence-corrected chi connectivity index (χ4v) is 5.63. The second kappa shape index (κ2) is 8.19. The summed E-state index contributed by atoms with van der Waals surface area (Å²) in [4.78, 5) is 16.9. The van der Waals surface area contributed by atoms with Gasteiger partial charge in [-0.15, -0.1) is 0 Å². The summed E-state index contributed by atoms with van der Waals surface area (Å²) in [6, 6.07) is 12.7. The molecule has 1 saturated heterocycles. The molecule has 0 aliphatic carbocycles. The maximum Gasteiger partial charge on any atom is 0.261 e. The van der Waals surface area contributed by atoms with Crippen LogP contribution in [0, 0.1) is 0 Å². The standard InChI is InChI=1S/C24H31N3O3S/c1-4-18-7-9-19(10-8-18)25-31(29,30)20-11-12-22-21(15-20)24(2,3)17-27(22)16-23(28)26-13-5-6-14-26/h7-12,15,25H,4-6,13-14,16-17H2,1-3H3. The Morgan fingerprint density at radius 2 is 1.74 bits per heavy atom. The summed E-state index contributed by atoms with van der Waals surface area (Å²) in [7, 11) is -3.70. The Kier molecular flexibility index (Phi) is 5.73. The van der Waals surface area contributed by atoms with E-state index in [1.54, 1.807) is 24.3 Å². The van der Waals surface area contributed by atoms with Gasteiger partial charge in [0.1, 0.15) is 0 Å². The van der Waals surface area contributed by atoms with E-state index in [4.69, 9.17) is 0 Å².